The van der Waals surface area contributed by atoms with E-state index in [1.807, 2.05) is 55.5 Å². The van der Waals surface area contributed by atoms with Crippen molar-refractivity contribution < 1.29 is 19.1 Å². The van der Waals surface area contributed by atoms with Crippen molar-refractivity contribution >= 4 is 23.6 Å². The highest BCUT2D eigenvalue weighted by Gasteiger charge is 2.28. The molecule has 1 atom stereocenters. The number of thioether (sulfide) groups is 1. The second kappa shape index (κ2) is 13.8. The van der Waals surface area contributed by atoms with Crippen LogP contribution < -0.4 is 14.8 Å². The van der Waals surface area contributed by atoms with E-state index in [0.29, 0.717) is 36.9 Å². The van der Waals surface area contributed by atoms with Crippen molar-refractivity contribution in [3.63, 3.8) is 0 Å². The summed E-state index contributed by atoms with van der Waals surface area (Å²) in [6, 6.07) is 14.9. The lowest BCUT2D eigenvalue weighted by Gasteiger charge is -2.31. The van der Waals surface area contributed by atoms with Crippen LogP contribution in [-0.4, -0.2) is 49.3 Å². The van der Waals surface area contributed by atoms with Gasteiger partial charge in [-0.05, 0) is 47.7 Å². The number of methoxy groups -OCH3 is 2. The fraction of sp³-hybridized carbons (Fsp3) is 0.462. The van der Waals surface area contributed by atoms with Crippen LogP contribution in [0.5, 0.6) is 11.5 Å². The molecule has 6 nitrogen and oxygen atoms in total. The minimum Gasteiger partial charge on any atom is -0.497 e. The Hall–Kier alpha value is -2.67. The van der Waals surface area contributed by atoms with Crippen LogP contribution in [0.15, 0.2) is 48.5 Å². The third-order valence-corrected chi connectivity index (χ3v) is 6.22. The monoisotopic (exact) mass is 472 g/mol. The molecule has 2 aromatic carbocycles. The second-order valence-corrected chi connectivity index (χ2v) is 9.26. The van der Waals surface area contributed by atoms with Crippen molar-refractivity contribution in [2.24, 2.45) is 5.92 Å². The summed E-state index contributed by atoms with van der Waals surface area (Å²) < 4.78 is 10.4. The molecule has 2 amide bonds. The van der Waals surface area contributed by atoms with Crippen molar-refractivity contribution in [3.05, 3.63) is 59.7 Å². The average Bonchev–Trinajstić information content (AvgIpc) is 2.83. The number of carbonyl (C=O) groups is 2. The molecule has 0 saturated carbocycles. The molecule has 0 spiro atoms. The molecule has 1 N–H and O–H groups in total. The number of nitrogens with one attached hydrogen (secondary N) is 1. The van der Waals surface area contributed by atoms with Gasteiger partial charge in [0.2, 0.25) is 11.8 Å². The maximum Gasteiger partial charge on any atom is 0.242 e. The summed E-state index contributed by atoms with van der Waals surface area (Å²) >= 11 is 1.55. The molecule has 33 heavy (non-hydrogen) atoms. The van der Waals surface area contributed by atoms with Gasteiger partial charge >= 0.3 is 0 Å². The molecule has 0 aliphatic heterocycles. The van der Waals surface area contributed by atoms with E-state index in [9.17, 15) is 9.59 Å². The van der Waals surface area contributed by atoms with Crippen LogP contribution in [-0.2, 0) is 21.9 Å². The Balaban J connectivity index is 2.10. The van der Waals surface area contributed by atoms with Crippen LogP contribution >= 0.6 is 11.8 Å². The van der Waals surface area contributed by atoms with Gasteiger partial charge in [0, 0.05) is 18.8 Å². The molecule has 0 unspecified atom stereocenters. The van der Waals surface area contributed by atoms with E-state index in [4.69, 9.17) is 9.47 Å². The van der Waals surface area contributed by atoms with Gasteiger partial charge in [-0.15, -0.1) is 11.8 Å². The molecular formula is C26H36N2O4S. The average molecular weight is 473 g/mol. The SMILES string of the molecule is CC[C@@H](C(=O)NCC(C)C)N(Cc1ccc(OC)cc1)C(=O)CSCc1ccc(OC)cc1. The molecule has 0 fully saturated rings. The Morgan fingerprint density at radius 3 is 1.97 bits per heavy atom. The van der Waals surface area contributed by atoms with Crippen molar-refractivity contribution in [2.75, 3.05) is 26.5 Å². The quantitative estimate of drug-likeness (QED) is 0.464. The number of amides is 2. The van der Waals surface area contributed by atoms with Crippen LogP contribution in [0.4, 0.5) is 0 Å². The van der Waals surface area contributed by atoms with E-state index in [0.717, 1.165) is 22.6 Å². The van der Waals surface area contributed by atoms with Crippen molar-refractivity contribution in [1.82, 2.24) is 10.2 Å². The largest absolute Gasteiger partial charge is 0.497 e. The Bertz CT molecular complexity index is 869. The molecule has 0 saturated heterocycles. The summed E-state index contributed by atoms with van der Waals surface area (Å²) in [5, 5.41) is 2.99. The molecule has 180 valence electrons. The van der Waals surface area contributed by atoms with Gasteiger partial charge in [0.1, 0.15) is 17.5 Å². The molecule has 0 aromatic heterocycles. The number of rotatable bonds is 13. The van der Waals surface area contributed by atoms with Gasteiger partial charge in [0.15, 0.2) is 0 Å². The first-order chi connectivity index (χ1) is 15.9. The summed E-state index contributed by atoms with van der Waals surface area (Å²) in [5.74, 6) is 2.77. The third-order valence-electron chi connectivity index (χ3n) is 5.24. The van der Waals surface area contributed by atoms with E-state index in [2.05, 4.69) is 19.2 Å². The number of benzene rings is 2. The Morgan fingerprint density at radius 1 is 0.939 bits per heavy atom. The van der Waals surface area contributed by atoms with Gasteiger partial charge in [0.05, 0.1) is 20.0 Å². The van der Waals surface area contributed by atoms with E-state index in [1.54, 1.807) is 30.9 Å². The van der Waals surface area contributed by atoms with Crippen molar-refractivity contribution in [3.8, 4) is 11.5 Å². The minimum atomic E-state index is -0.514. The highest BCUT2D eigenvalue weighted by Crippen LogP contribution is 2.20. The van der Waals surface area contributed by atoms with Crippen LogP contribution in [0.25, 0.3) is 0 Å². The maximum absolute atomic E-state index is 13.3. The van der Waals surface area contributed by atoms with Crippen molar-refractivity contribution in [1.29, 1.82) is 0 Å². The number of hydrogen-bond acceptors (Lipinski definition) is 5. The summed E-state index contributed by atoms with van der Waals surface area (Å²) in [4.78, 5) is 27.9. The maximum atomic E-state index is 13.3. The Labute approximate surface area is 202 Å². The van der Waals surface area contributed by atoms with Crippen LogP contribution in [0.2, 0.25) is 0 Å². The van der Waals surface area contributed by atoms with Crippen molar-refractivity contribution in [2.45, 2.75) is 45.5 Å². The lowest BCUT2D eigenvalue weighted by Crippen LogP contribution is -2.50. The fourth-order valence-corrected chi connectivity index (χ4v) is 4.20. The number of ether oxygens (including phenoxy) is 2. The molecule has 2 aromatic rings. The Morgan fingerprint density at radius 2 is 1.48 bits per heavy atom. The molecule has 0 aliphatic carbocycles. The number of carbonyl (C=O) groups excluding carboxylic acids is 2. The summed E-state index contributed by atoms with van der Waals surface area (Å²) in [5.41, 5.74) is 2.08. The van der Waals surface area contributed by atoms with Gasteiger partial charge in [-0.3, -0.25) is 9.59 Å². The Kier molecular flexibility index (Phi) is 11.1. The van der Waals surface area contributed by atoms with E-state index in [1.165, 1.54) is 0 Å². The highest BCUT2D eigenvalue weighted by molar-refractivity contribution is 7.99. The minimum absolute atomic E-state index is 0.0455. The topological polar surface area (TPSA) is 67.9 Å². The third kappa shape index (κ3) is 8.65. The van der Waals surface area contributed by atoms with Crippen LogP contribution in [0.1, 0.15) is 38.3 Å². The first-order valence-corrected chi connectivity index (χ1v) is 12.4. The standard InChI is InChI=1S/C26H36N2O4S/c1-6-24(26(30)27-15-19(2)3)28(16-20-7-11-22(31-4)12-8-20)25(29)18-33-17-21-9-13-23(32-5)14-10-21/h7-14,19,24H,6,15-18H2,1-5H3,(H,27,30)/t24-/m0/s1. The second-order valence-electron chi connectivity index (χ2n) is 8.27. The first kappa shape index (κ1) is 26.6. The molecule has 7 heteroatoms. The molecule has 0 aliphatic rings. The number of nitrogens with zero attached hydrogens (tertiary/aromatic N) is 1. The predicted octanol–water partition coefficient (Wildman–Crippen LogP) is 4.52. The molecule has 0 bridgehead atoms. The zero-order chi connectivity index (χ0) is 24.2. The van der Waals surface area contributed by atoms with Gasteiger partial charge < -0.3 is 19.7 Å². The van der Waals surface area contributed by atoms with E-state index in [-0.39, 0.29) is 11.8 Å². The smallest absolute Gasteiger partial charge is 0.242 e. The fourth-order valence-electron chi connectivity index (χ4n) is 3.33. The normalized spacial score (nSPS) is 11.7. The zero-order valence-corrected chi connectivity index (χ0v) is 21.1. The summed E-state index contributed by atoms with van der Waals surface area (Å²) in [6.07, 6.45) is 0.551. The van der Waals surface area contributed by atoms with Gasteiger partial charge in [0.25, 0.3) is 0 Å². The molecule has 2 rings (SSSR count). The lowest BCUT2D eigenvalue weighted by atomic mass is 10.1. The summed E-state index contributed by atoms with van der Waals surface area (Å²) in [7, 11) is 3.26. The lowest BCUT2D eigenvalue weighted by molar-refractivity contribution is -0.139. The van der Waals surface area contributed by atoms with Crippen LogP contribution in [0.3, 0.4) is 0 Å². The molecule has 0 radical (unpaired) electrons. The van der Waals surface area contributed by atoms with E-state index >= 15 is 0 Å². The highest BCUT2D eigenvalue weighted by atomic mass is 32.2. The molecular weight excluding hydrogens is 436 g/mol. The first-order valence-electron chi connectivity index (χ1n) is 11.3. The summed E-state index contributed by atoms with van der Waals surface area (Å²) in [6.45, 7) is 7.01. The number of hydrogen-bond donors (Lipinski definition) is 1. The van der Waals surface area contributed by atoms with Gasteiger partial charge in [-0.1, -0.05) is 45.0 Å². The van der Waals surface area contributed by atoms with Crippen LogP contribution in [0, 0.1) is 5.92 Å². The molecule has 0 heterocycles. The van der Waals surface area contributed by atoms with Gasteiger partial charge in [-0.2, -0.15) is 0 Å². The predicted molar refractivity (Wildman–Crippen MR) is 135 cm³/mol. The zero-order valence-electron chi connectivity index (χ0n) is 20.3. The van der Waals surface area contributed by atoms with Gasteiger partial charge in [-0.25, -0.2) is 0 Å². The van der Waals surface area contributed by atoms with E-state index < -0.39 is 6.04 Å².